The lowest BCUT2D eigenvalue weighted by atomic mass is 10.4. The fourth-order valence-corrected chi connectivity index (χ4v) is 1.40. The van der Waals surface area contributed by atoms with Gasteiger partial charge in [0.2, 0.25) is 0 Å². The van der Waals surface area contributed by atoms with Crippen LogP contribution in [0.25, 0.3) is 0 Å². The minimum atomic E-state index is 0.503. The van der Waals surface area contributed by atoms with Crippen LogP contribution >= 0.6 is 0 Å². The predicted octanol–water partition coefficient (Wildman–Crippen LogP) is 1.26. The van der Waals surface area contributed by atoms with E-state index in [1.165, 1.54) is 6.33 Å². The van der Waals surface area contributed by atoms with E-state index in [1.807, 2.05) is 37.2 Å². The molecule has 2 heterocycles. The smallest absolute Gasteiger partial charge is 0.160 e. The zero-order valence-corrected chi connectivity index (χ0v) is 9.75. The molecule has 2 aromatic heterocycles. The highest BCUT2D eigenvalue weighted by Crippen LogP contribution is 2.26. The first-order valence-corrected chi connectivity index (χ1v) is 5.14. The van der Waals surface area contributed by atoms with Gasteiger partial charge in [-0.05, 0) is 12.1 Å². The van der Waals surface area contributed by atoms with Gasteiger partial charge in [0.15, 0.2) is 11.6 Å². The van der Waals surface area contributed by atoms with Crippen LogP contribution in [0.5, 0.6) is 0 Å². The third-order valence-electron chi connectivity index (χ3n) is 2.20. The Morgan fingerprint density at radius 1 is 1.18 bits per heavy atom. The topological polar surface area (TPSA) is 80.0 Å². The number of pyridine rings is 1. The van der Waals surface area contributed by atoms with Gasteiger partial charge >= 0.3 is 0 Å². The van der Waals surface area contributed by atoms with Crippen molar-refractivity contribution in [3.63, 3.8) is 0 Å². The molecule has 6 heteroatoms. The number of nitrogens with one attached hydrogen (secondary N) is 1. The van der Waals surface area contributed by atoms with Crippen molar-refractivity contribution in [2.75, 3.05) is 30.0 Å². The molecule has 88 valence electrons. The fourth-order valence-electron chi connectivity index (χ4n) is 1.40. The third-order valence-corrected chi connectivity index (χ3v) is 2.20. The van der Waals surface area contributed by atoms with Crippen molar-refractivity contribution < 1.29 is 0 Å². The number of hydrogen-bond acceptors (Lipinski definition) is 6. The molecule has 0 radical (unpaired) electrons. The lowest BCUT2D eigenvalue weighted by molar-refractivity contribution is 1.04. The molecule has 0 aliphatic heterocycles. The average molecular weight is 230 g/mol. The highest BCUT2D eigenvalue weighted by atomic mass is 15.2. The van der Waals surface area contributed by atoms with Crippen LogP contribution in [0.2, 0.25) is 0 Å². The quantitative estimate of drug-likeness (QED) is 0.826. The van der Waals surface area contributed by atoms with Crippen LogP contribution in [0, 0.1) is 0 Å². The number of nitrogens with two attached hydrogens (primary N) is 1. The van der Waals surface area contributed by atoms with Crippen LogP contribution in [0.4, 0.5) is 23.1 Å². The first-order valence-electron chi connectivity index (χ1n) is 5.14. The van der Waals surface area contributed by atoms with E-state index in [2.05, 4.69) is 20.3 Å². The van der Waals surface area contributed by atoms with Crippen molar-refractivity contribution in [1.82, 2.24) is 15.0 Å². The Balaban J connectivity index is 2.31. The second-order valence-corrected chi connectivity index (χ2v) is 3.69. The lowest BCUT2D eigenvalue weighted by Gasteiger charge is -2.15. The summed E-state index contributed by atoms with van der Waals surface area (Å²) >= 11 is 0. The Morgan fingerprint density at radius 3 is 2.65 bits per heavy atom. The Hall–Kier alpha value is -2.37. The minimum Gasteiger partial charge on any atom is -0.393 e. The number of rotatable bonds is 3. The number of aromatic nitrogens is 3. The van der Waals surface area contributed by atoms with Gasteiger partial charge in [-0.3, -0.25) is 0 Å². The van der Waals surface area contributed by atoms with Crippen molar-refractivity contribution in [1.29, 1.82) is 0 Å². The SMILES string of the molecule is CN(C)c1ncnc(Nc2ccccn2)c1N. The molecule has 0 saturated carbocycles. The van der Waals surface area contributed by atoms with E-state index in [-0.39, 0.29) is 0 Å². The van der Waals surface area contributed by atoms with Crippen LogP contribution in [-0.4, -0.2) is 29.0 Å². The molecule has 2 rings (SSSR count). The molecule has 2 aromatic rings. The molecule has 0 atom stereocenters. The molecule has 6 nitrogen and oxygen atoms in total. The van der Waals surface area contributed by atoms with E-state index >= 15 is 0 Å². The van der Waals surface area contributed by atoms with Gasteiger partial charge in [-0.15, -0.1) is 0 Å². The van der Waals surface area contributed by atoms with E-state index in [4.69, 9.17) is 5.73 Å². The van der Waals surface area contributed by atoms with Gasteiger partial charge in [0.25, 0.3) is 0 Å². The molecular weight excluding hydrogens is 216 g/mol. The Morgan fingerprint density at radius 2 is 2.00 bits per heavy atom. The van der Waals surface area contributed by atoms with Gasteiger partial charge in [-0.25, -0.2) is 15.0 Å². The molecule has 0 aliphatic rings. The van der Waals surface area contributed by atoms with Crippen LogP contribution < -0.4 is 16.0 Å². The van der Waals surface area contributed by atoms with E-state index < -0.39 is 0 Å². The van der Waals surface area contributed by atoms with Crippen molar-refractivity contribution in [2.45, 2.75) is 0 Å². The second-order valence-electron chi connectivity index (χ2n) is 3.69. The summed E-state index contributed by atoms with van der Waals surface area (Å²) in [5.41, 5.74) is 6.48. The van der Waals surface area contributed by atoms with Gasteiger partial charge in [0.05, 0.1) is 0 Å². The van der Waals surface area contributed by atoms with E-state index in [9.17, 15) is 0 Å². The number of nitrogen functional groups attached to an aromatic ring is 1. The van der Waals surface area contributed by atoms with Gasteiger partial charge in [-0.1, -0.05) is 6.07 Å². The summed E-state index contributed by atoms with van der Waals surface area (Å²) in [5, 5.41) is 3.05. The highest BCUT2D eigenvalue weighted by Gasteiger charge is 2.09. The molecule has 0 fully saturated rings. The van der Waals surface area contributed by atoms with Crippen LogP contribution in [0.1, 0.15) is 0 Å². The maximum Gasteiger partial charge on any atom is 0.160 e. The molecule has 0 amide bonds. The first-order chi connectivity index (χ1) is 8.18. The predicted molar refractivity (Wildman–Crippen MR) is 68.3 cm³/mol. The van der Waals surface area contributed by atoms with E-state index in [1.54, 1.807) is 6.20 Å². The zero-order chi connectivity index (χ0) is 12.3. The Kier molecular flexibility index (Phi) is 3.04. The summed E-state index contributed by atoms with van der Waals surface area (Å²) in [6, 6.07) is 5.58. The summed E-state index contributed by atoms with van der Waals surface area (Å²) in [5.74, 6) is 1.93. The second kappa shape index (κ2) is 4.65. The van der Waals surface area contributed by atoms with Crippen LogP contribution in [0.3, 0.4) is 0 Å². The van der Waals surface area contributed by atoms with Crippen molar-refractivity contribution in [3.05, 3.63) is 30.7 Å². The summed E-state index contributed by atoms with van der Waals surface area (Å²) in [7, 11) is 3.76. The normalized spacial score (nSPS) is 10.0. The molecule has 0 spiro atoms. The fraction of sp³-hybridized carbons (Fsp3) is 0.182. The van der Waals surface area contributed by atoms with Crippen LogP contribution in [0.15, 0.2) is 30.7 Å². The molecular formula is C11H14N6. The summed E-state index contributed by atoms with van der Waals surface area (Å²) in [6.45, 7) is 0. The minimum absolute atomic E-state index is 0.503. The Labute approximate surface area is 99.5 Å². The first kappa shape index (κ1) is 11.1. The molecule has 0 saturated heterocycles. The number of nitrogens with zero attached hydrogens (tertiary/aromatic N) is 4. The van der Waals surface area contributed by atoms with Gasteiger partial charge in [0.1, 0.15) is 17.8 Å². The monoisotopic (exact) mass is 230 g/mol. The van der Waals surface area contributed by atoms with E-state index in [0.717, 1.165) is 0 Å². The summed E-state index contributed by atoms with van der Waals surface area (Å²) in [4.78, 5) is 14.2. The van der Waals surface area contributed by atoms with Crippen molar-refractivity contribution in [2.24, 2.45) is 0 Å². The van der Waals surface area contributed by atoms with Crippen molar-refractivity contribution in [3.8, 4) is 0 Å². The van der Waals surface area contributed by atoms with Crippen molar-refractivity contribution >= 4 is 23.1 Å². The maximum absolute atomic E-state index is 5.98. The van der Waals surface area contributed by atoms with Gasteiger partial charge < -0.3 is 16.0 Å². The zero-order valence-electron chi connectivity index (χ0n) is 9.75. The molecule has 3 N–H and O–H groups in total. The molecule has 0 aromatic carbocycles. The lowest BCUT2D eigenvalue weighted by Crippen LogP contribution is -2.14. The summed E-state index contributed by atoms with van der Waals surface area (Å²) < 4.78 is 0. The van der Waals surface area contributed by atoms with Gasteiger partial charge in [0, 0.05) is 20.3 Å². The van der Waals surface area contributed by atoms with Crippen LogP contribution in [-0.2, 0) is 0 Å². The molecule has 0 aliphatic carbocycles. The highest BCUT2D eigenvalue weighted by molar-refractivity contribution is 5.77. The largest absolute Gasteiger partial charge is 0.393 e. The van der Waals surface area contributed by atoms with Gasteiger partial charge in [-0.2, -0.15) is 0 Å². The standard InChI is InChI=1S/C11H14N6/c1-17(2)11-9(12)10(14-7-15-11)16-8-5-3-4-6-13-8/h3-7H,12H2,1-2H3,(H,13,14,15,16). The number of anilines is 4. The molecule has 0 unspecified atom stereocenters. The average Bonchev–Trinajstić information content (AvgIpc) is 2.33. The number of hydrogen-bond donors (Lipinski definition) is 2. The Bertz CT molecular complexity index is 497. The third kappa shape index (κ3) is 2.41. The summed E-state index contributed by atoms with van der Waals surface area (Å²) in [6.07, 6.45) is 3.17. The molecule has 17 heavy (non-hydrogen) atoms. The van der Waals surface area contributed by atoms with E-state index in [0.29, 0.717) is 23.1 Å². The maximum atomic E-state index is 5.98. The molecule has 0 bridgehead atoms.